The van der Waals surface area contributed by atoms with Gasteiger partial charge in [-0.1, -0.05) is 25.1 Å². The number of aliphatic hydroxyl groups is 1. The van der Waals surface area contributed by atoms with Crippen molar-refractivity contribution in [3.8, 4) is 0 Å². The first-order chi connectivity index (χ1) is 8.95. The second-order valence-electron chi connectivity index (χ2n) is 4.58. The Morgan fingerprint density at radius 2 is 2.05 bits per heavy atom. The van der Waals surface area contributed by atoms with E-state index in [4.69, 9.17) is 5.11 Å². The normalized spacial score (nSPS) is 13.6. The van der Waals surface area contributed by atoms with E-state index in [1.807, 2.05) is 6.92 Å². The highest BCUT2D eigenvalue weighted by Crippen LogP contribution is 2.18. The van der Waals surface area contributed by atoms with Gasteiger partial charge in [0.25, 0.3) is 5.69 Å². The van der Waals surface area contributed by atoms with Crippen molar-refractivity contribution in [2.24, 2.45) is 5.92 Å². The van der Waals surface area contributed by atoms with Gasteiger partial charge in [-0.15, -0.1) is 0 Å². The first kappa shape index (κ1) is 15.1. The predicted molar refractivity (Wildman–Crippen MR) is 70.7 cm³/mol. The van der Waals surface area contributed by atoms with Crippen LogP contribution in [-0.4, -0.2) is 28.6 Å². The van der Waals surface area contributed by atoms with Gasteiger partial charge in [-0.05, 0) is 12.8 Å². The minimum absolute atomic E-state index is 0.0209. The maximum Gasteiger partial charge on any atom is 0.273 e. The monoisotopic (exact) mass is 266 g/mol. The first-order valence-electron chi connectivity index (χ1n) is 6.08. The van der Waals surface area contributed by atoms with Crippen LogP contribution < -0.4 is 5.32 Å². The van der Waals surface area contributed by atoms with Crippen molar-refractivity contribution in [3.63, 3.8) is 0 Å². The van der Waals surface area contributed by atoms with E-state index >= 15 is 0 Å². The molecule has 0 bridgehead atoms. The highest BCUT2D eigenvalue weighted by Gasteiger charge is 2.18. The number of carbonyl (C=O) groups is 1. The van der Waals surface area contributed by atoms with E-state index < -0.39 is 4.92 Å². The van der Waals surface area contributed by atoms with E-state index in [2.05, 4.69) is 5.32 Å². The lowest BCUT2D eigenvalue weighted by Gasteiger charge is -2.19. The van der Waals surface area contributed by atoms with Crippen molar-refractivity contribution in [2.75, 3.05) is 6.61 Å². The molecular weight excluding hydrogens is 248 g/mol. The topological polar surface area (TPSA) is 92.5 Å². The third-order valence-electron chi connectivity index (χ3n) is 3.07. The fourth-order valence-electron chi connectivity index (χ4n) is 1.62. The van der Waals surface area contributed by atoms with Crippen molar-refractivity contribution < 1.29 is 14.8 Å². The zero-order chi connectivity index (χ0) is 14.4. The van der Waals surface area contributed by atoms with E-state index in [1.54, 1.807) is 25.1 Å². The molecule has 0 fully saturated rings. The Balaban J connectivity index is 2.70. The number of benzene rings is 1. The van der Waals surface area contributed by atoms with Crippen LogP contribution in [0.2, 0.25) is 0 Å². The summed E-state index contributed by atoms with van der Waals surface area (Å²) in [5.41, 5.74) is 0.328. The number of amides is 1. The van der Waals surface area contributed by atoms with Crippen LogP contribution in [0, 0.1) is 16.0 Å². The summed E-state index contributed by atoms with van der Waals surface area (Å²) in [7, 11) is 0. The number of nitrogens with zero attached hydrogens (tertiary/aromatic N) is 1. The molecule has 0 radical (unpaired) electrons. The van der Waals surface area contributed by atoms with Crippen LogP contribution in [0.25, 0.3) is 0 Å². The van der Waals surface area contributed by atoms with Crippen LogP contribution in [0.1, 0.15) is 19.4 Å². The standard InChI is InChI=1S/C13H18N2O4/c1-9(8-16)10(2)14-13(17)7-11-5-3-4-6-12(11)15(18)19/h3-6,9-10,16H,7-8H2,1-2H3,(H,14,17). The molecule has 0 heterocycles. The number of nitro benzene ring substituents is 1. The molecule has 2 N–H and O–H groups in total. The maximum atomic E-state index is 11.8. The molecule has 6 heteroatoms. The highest BCUT2D eigenvalue weighted by atomic mass is 16.6. The molecule has 1 aromatic rings. The molecule has 1 rings (SSSR count). The van der Waals surface area contributed by atoms with Gasteiger partial charge in [-0.2, -0.15) is 0 Å². The zero-order valence-corrected chi connectivity index (χ0v) is 11.0. The van der Waals surface area contributed by atoms with Gasteiger partial charge in [0.15, 0.2) is 0 Å². The average Bonchev–Trinajstić information content (AvgIpc) is 2.37. The van der Waals surface area contributed by atoms with E-state index in [0.717, 1.165) is 0 Å². The summed E-state index contributed by atoms with van der Waals surface area (Å²) in [5.74, 6) is -0.350. The molecule has 0 aliphatic carbocycles. The van der Waals surface area contributed by atoms with Gasteiger partial charge in [-0.3, -0.25) is 14.9 Å². The Bertz CT molecular complexity index is 462. The molecule has 2 atom stereocenters. The molecule has 1 aromatic carbocycles. The molecule has 1 amide bonds. The first-order valence-corrected chi connectivity index (χ1v) is 6.08. The van der Waals surface area contributed by atoms with Crippen LogP contribution in [0.4, 0.5) is 5.69 Å². The lowest BCUT2D eigenvalue weighted by molar-refractivity contribution is -0.385. The lowest BCUT2D eigenvalue weighted by atomic mass is 10.0. The van der Waals surface area contributed by atoms with Gasteiger partial charge in [0, 0.05) is 24.3 Å². The van der Waals surface area contributed by atoms with Crippen LogP contribution in [-0.2, 0) is 11.2 Å². The number of para-hydroxylation sites is 1. The average molecular weight is 266 g/mol. The summed E-state index contributed by atoms with van der Waals surface area (Å²) in [4.78, 5) is 22.1. The quantitative estimate of drug-likeness (QED) is 0.599. The fourth-order valence-corrected chi connectivity index (χ4v) is 1.62. The van der Waals surface area contributed by atoms with E-state index in [0.29, 0.717) is 5.56 Å². The Morgan fingerprint density at radius 1 is 1.42 bits per heavy atom. The van der Waals surface area contributed by atoms with E-state index in [1.165, 1.54) is 6.07 Å². The number of hydrogen-bond donors (Lipinski definition) is 2. The van der Waals surface area contributed by atoms with Crippen molar-refractivity contribution in [1.82, 2.24) is 5.32 Å². The number of rotatable bonds is 6. The van der Waals surface area contributed by atoms with Gasteiger partial charge in [-0.25, -0.2) is 0 Å². The molecule has 2 unspecified atom stereocenters. The molecule has 104 valence electrons. The van der Waals surface area contributed by atoms with Crippen molar-refractivity contribution in [2.45, 2.75) is 26.3 Å². The van der Waals surface area contributed by atoms with E-state index in [-0.39, 0.29) is 36.6 Å². The predicted octanol–water partition coefficient (Wildman–Crippen LogP) is 1.27. The minimum atomic E-state index is -0.498. The van der Waals surface area contributed by atoms with Crippen LogP contribution in [0.5, 0.6) is 0 Å². The number of hydrogen-bond acceptors (Lipinski definition) is 4. The fraction of sp³-hybridized carbons (Fsp3) is 0.462. The Morgan fingerprint density at radius 3 is 2.63 bits per heavy atom. The summed E-state index contributed by atoms with van der Waals surface area (Å²) in [6.45, 7) is 3.58. The molecule has 6 nitrogen and oxygen atoms in total. The van der Waals surface area contributed by atoms with Gasteiger partial charge in [0.05, 0.1) is 11.3 Å². The summed E-state index contributed by atoms with van der Waals surface area (Å²) < 4.78 is 0. The minimum Gasteiger partial charge on any atom is -0.396 e. The van der Waals surface area contributed by atoms with Gasteiger partial charge < -0.3 is 10.4 Å². The van der Waals surface area contributed by atoms with Crippen LogP contribution in [0.15, 0.2) is 24.3 Å². The van der Waals surface area contributed by atoms with Crippen LogP contribution >= 0.6 is 0 Å². The van der Waals surface area contributed by atoms with Crippen molar-refractivity contribution in [1.29, 1.82) is 0 Å². The smallest absolute Gasteiger partial charge is 0.273 e. The number of nitro groups is 1. The summed E-state index contributed by atoms with van der Waals surface area (Å²) in [6.07, 6.45) is -0.0420. The highest BCUT2D eigenvalue weighted by molar-refractivity contribution is 5.80. The largest absolute Gasteiger partial charge is 0.396 e. The molecule has 0 saturated heterocycles. The second-order valence-corrected chi connectivity index (χ2v) is 4.58. The zero-order valence-electron chi connectivity index (χ0n) is 11.0. The maximum absolute atomic E-state index is 11.8. The molecule has 0 spiro atoms. The Kier molecular flexibility index (Phi) is 5.44. The molecule has 0 aliphatic heterocycles. The molecule has 0 aliphatic rings. The molecule has 0 aromatic heterocycles. The Hall–Kier alpha value is -1.95. The van der Waals surface area contributed by atoms with Gasteiger partial charge in [0.2, 0.25) is 5.91 Å². The third-order valence-corrected chi connectivity index (χ3v) is 3.07. The Labute approximate surface area is 111 Å². The van der Waals surface area contributed by atoms with Crippen LogP contribution in [0.3, 0.4) is 0 Å². The summed E-state index contributed by atoms with van der Waals surface area (Å²) >= 11 is 0. The van der Waals surface area contributed by atoms with E-state index in [9.17, 15) is 14.9 Å². The number of nitrogens with one attached hydrogen (secondary N) is 1. The SMILES string of the molecule is CC(CO)C(C)NC(=O)Cc1ccccc1[N+](=O)[O-]. The second kappa shape index (κ2) is 6.84. The van der Waals surface area contributed by atoms with Crippen molar-refractivity contribution >= 4 is 11.6 Å². The number of aliphatic hydroxyl groups excluding tert-OH is 1. The summed E-state index contributed by atoms with van der Waals surface area (Å²) in [5, 5.41) is 22.5. The molecule has 0 saturated carbocycles. The number of carbonyl (C=O) groups excluding carboxylic acids is 1. The van der Waals surface area contributed by atoms with Gasteiger partial charge in [0.1, 0.15) is 0 Å². The third kappa shape index (κ3) is 4.33. The lowest BCUT2D eigenvalue weighted by Crippen LogP contribution is -2.39. The molecule has 19 heavy (non-hydrogen) atoms. The molecular formula is C13H18N2O4. The van der Waals surface area contributed by atoms with Crippen molar-refractivity contribution in [3.05, 3.63) is 39.9 Å². The van der Waals surface area contributed by atoms with Gasteiger partial charge >= 0.3 is 0 Å². The summed E-state index contributed by atoms with van der Waals surface area (Å²) in [6, 6.07) is 5.99.